The molecular weight excluding hydrogens is 393 g/mol. The molecule has 0 spiro atoms. The molecule has 0 atom stereocenters. The zero-order valence-electron chi connectivity index (χ0n) is 10.4. The molecule has 2 aromatic carbocycles. The fourth-order valence-corrected chi connectivity index (χ4v) is 2.43. The molecule has 0 aliphatic heterocycles. The Labute approximate surface area is 132 Å². The minimum absolute atomic E-state index is 0.0995. The van der Waals surface area contributed by atoms with Crippen molar-refractivity contribution in [3.8, 4) is 5.75 Å². The van der Waals surface area contributed by atoms with Gasteiger partial charge in [-0.05, 0) is 46.3 Å². The van der Waals surface area contributed by atoms with E-state index in [0.717, 1.165) is 4.47 Å². The summed E-state index contributed by atoms with van der Waals surface area (Å²) in [5.41, 5.74) is 0.424. The normalized spacial score (nSPS) is 10.2. The number of anilines is 1. The van der Waals surface area contributed by atoms with Gasteiger partial charge in [0.15, 0.2) is 0 Å². The van der Waals surface area contributed by atoms with Gasteiger partial charge in [0.1, 0.15) is 11.6 Å². The van der Waals surface area contributed by atoms with Gasteiger partial charge in [0.25, 0.3) is 5.91 Å². The fraction of sp³-hybridized carbons (Fsp3) is 0.0714. The highest BCUT2D eigenvalue weighted by Crippen LogP contribution is 2.28. The van der Waals surface area contributed by atoms with Gasteiger partial charge in [0.2, 0.25) is 0 Å². The number of hydrogen-bond donors (Lipinski definition) is 1. The zero-order chi connectivity index (χ0) is 14.7. The highest BCUT2D eigenvalue weighted by molar-refractivity contribution is 9.10. The molecule has 0 saturated carbocycles. The van der Waals surface area contributed by atoms with Crippen LogP contribution in [0.4, 0.5) is 10.1 Å². The first-order chi connectivity index (χ1) is 9.52. The van der Waals surface area contributed by atoms with Gasteiger partial charge in [-0.15, -0.1) is 0 Å². The molecule has 1 N–H and O–H groups in total. The van der Waals surface area contributed by atoms with E-state index >= 15 is 0 Å². The maximum absolute atomic E-state index is 13.7. The first kappa shape index (κ1) is 15.0. The summed E-state index contributed by atoms with van der Waals surface area (Å²) in [6, 6.07) is 9.47. The largest absolute Gasteiger partial charge is 0.496 e. The number of rotatable bonds is 3. The second kappa shape index (κ2) is 6.37. The molecule has 2 aromatic rings. The summed E-state index contributed by atoms with van der Waals surface area (Å²) in [6.45, 7) is 0. The average Bonchev–Trinajstić information content (AvgIpc) is 2.42. The smallest absolute Gasteiger partial charge is 0.259 e. The summed E-state index contributed by atoms with van der Waals surface area (Å²) < 4.78 is 20.1. The highest BCUT2D eigenvalue weighted by Gasteiger charge is 2.16. The molecule has 0 bridgehead atoms. The molecule has 1 amide bonds. The van der Waals surface area contributed by atoms with E-state index in [1.807, 2.05) is 0 Å². The van der Waals surface area contributed by atoms with Gasteiger partial charge in [-0.25, -0.2) is 4.39 Å². The maximum Gasteiger partial charge on any atom is 0.259 e. The second-order valence-corrected chi connectivity index (χ2v) is 5.67. The molecule has 3 nitrogen and oxygen atoms in total. The number of para-hydroxylation sites is 1. The van der Waals surface area contributed by atoms with E-state index in [9.17, 15) is 9.18 Å². The van der Waals surface area contributed by atoms with Crippen molar-refractivity contribution in [2.75, 3.05) is 12.4 Å². The third-order valence-electron chi connectivity index (χ3n) is 2.61. The van der Waals surface area contributed by atoms with Crippen LogP contribution in [0.3, 0.4) is 0 Å². The third kappa shape index (κ3) is 3.19. The van der Waals surface area contributed by atoms with Crippen LogP contribution in [-0.4, -0.2) is 13.0 Å². The van der Waals surface area contributed by atoms with Crippen molar-refractivity contribution in [2.24, 2.45) is 0 Å². The van der Waals surface area contributed by atoms with Crippen molar-refractivity contribution in [1.29, 1.82) is 0 Å². The molecule has 0 saturated heterocycles. The van der Waals surface area contributed by atoms with Crippen LogP contribution in [-0.2, 0) is 0 Å². The van der Waals surface area contributed by atoms with E-state index in [-0.39, 0.29) is 5.69 Å². The summed E-state index contributed by atoms with van der Waals surface area (Å²) in [7, 11) is 1.47. The van der Waals surface area contributed by atoms with Gasteiger partial charge < -0.3 is 10.1 Å². The Balaban J connectivity index is 2.33. The zero-order valence-corrected chi connectivity index (χ0v) is 13.6. The minimum Gasteiger partial charge on any atom is -0.496 e. The Kier molecular flexibility index (Phi) is 4.77. The number of benzene rings is 2. The topological polar surface area (TPSA) is 38.3 Å². The number of amides is 1. The van der Waals surface area contributed by atoms with Gasteiger partial charge >= 0.3 is 0 Å². The van der Waals surface area contributed by atoms with Crippen LogP contribution in [0, 0.1) is 5.82 Å². The van der Waals surface area contributed by atoms with Crippen LogP contribution in [0.1, 0.15) is 10.4 Å². The quantitative estimate of drug-likeness (QED) is 0.813. The van der Waals surface area contributed by atoms with Crippen molar-refractivity contribution >= 4 is 43.5 Å². The standard InChI is InChI=1S/C14H10Br2FNO2/c1-20-12-7-8(15)5-6-9(12)14(19)18-13-10(16)3-2-4-11(13)17/h2-7H,1H3,(H,18,19). The Morgan fingerprint density at radius 1 is 1.25 bits per heavy atom. The molecule has 6 heteroatoms. The molecule has 0 aromatic heterocycles. The van der Waals surface area contributed by atoms with Crippen molar-refractivity contribution in [3.63, 3.8) is 0 Å². The maximum atomic E-state index is 13.7. The Hall–Kier alpha value is -1.40. The predicted octanol–water partition coefficient (Wildman–Crippen LogP) is 4.61. The molecule has 20 heavy (non-hydrogen) atoms. The summed E-state index contributed by atoms with van der Waals surface area (Å²) in [4.78, 5) is 12.2. The number of halogens is 3. The third-order valence-corrected chi connectivity index (χ3v) is 3.76. The number of methoxy groups -OCH3 is 1. The molecule has 0 heterocycles. The average molecular weight is 403 g/mol. The number of ether oxygens (including phenoxy) is 1. The fourth-order valence-electron chi connectivity index (χ4n) is 1.65. The van der Waals surface area contributed by atoms with Crippen molar-refractivity contribution in [1.82, 2.24) is 0 Å². The Morgan fingerprint density at radius 3 is 2.65 bits per heavy atom. The van der Waals surface area contributed by atoms with E-state index in [2.05, 4.69) is 37.2 Å². The minimum atomic E-state index is -0.510. The number of carbonyl (C=O) groups excluding carboxylic acids is 1. The van der Waals surface area contributed by atoms with E-state index < -0.39 is 11.7 Å². The summed E-state index contributed by atoms with van der Waals surface area (Å²) in [6.07, 6.45) is 0. The van der Waals surface area contributed by atoms with Crippen molar-refractivity contribution in [2.45, 2.75) is 0 Å². The highest BCUT2D eigenvalue weighted by atomic mass is 79.9. The number of carbonyl (C=O) groups is 1. The van der Waals surface area contributed by atoms with Crippen LogP contribution < -0.4 is 10.1 Å². The molecule has 104 valence electrons. The first-order valence-electron chi connectivity index (χ1n) is 5.62. The van der Waals surface area contributed by atoms with Crippen LogP contribution >= 0.6 is 31.9 Å². The van der Waals surface area contributed by atoms with Crippen LogP contribution in [0.15, 0.2) is 45.3 Å². The van der Waals surface area contributed by atoms with Crippen LogP contribution in [0.25, 0.3) is 0 Å². The molecular formula is C14H10Br2FNO2. The van der Waals surface area contributed by atoms with Gasteiger partial charge in [0, 0.05) is 8.95 Å². The predicted molar refractivity (Wildman–Crippen MR) is 82.7 cm³/mol. The summed E-state index contributed by atoms with van der Waals surface area (Å²) in [5, 5.41) is 2.53. The van der Waals surface area contributed by atoms with Crippen molar-refractivity contribution in [3.05, 3.63) is 56.7 Å². The summed E-state index contributed by atoms with van der Waals surface area (Å²) >= 11 is 6.50. The van der Waals surface area contributed by atoms with E-state index in [0.29, 0.717) is 15.8 Å². The number of hydrogen-bond acceptors (Lipinski definition) is 2. The molecule has 0 unspecified atom stereocenters. The SMILES string of the molecule is COc1cc(Br)ccc1C(=O)Nc1c(F)cccc1Br. The summed E-state index contributed by atoms with van der Waals surface area (Å²) in [5.74, 6) is -0.548. The van der Waals surface area contributed by atoms with Gasteiger partial charge in [-0.1, -0.05) is 22.0 Å². The second-order valence-electron chi connectivity index (χ2n) is 3.90. The molecule has 0 aliphatic rings. The molecule has 0 fully saturated rings. The lowest BCUT2D eigenvalue weighted by Crippen LogP contribution is -2.14. The Bertz CT molecular complexity index is 641. The monoisotopic (exact) mass is 401 g/mol. The van der Waals surface area contributed by atoms with E-state index in [1.165, 1.54) is 13.2 Å². The van der Waals surface area contributed by atoms with Gasteiger partial charge in [-0.3, -0.25) is 4.79 Å². The first-order valence-corrected chi connectivity index (χ1v) is 7.20. The number of nitrogens with one attached hydrogen (secondary N) is 1. The Morgan fingerprint density at radius 2 is 2.00 bits per heavy atom. The van der Waals surface area contributed by atoms with Gasteiger partial charge in [0.05, 0.1) is 18.4 Å². The lowest BCUT2D eigenvalue weighted by molar-refractivity contribution is 0.102. The van der Waals surface area contributed by atoms with Gasteiger partial charge in [-0.2, -0.15) is 0 Å². The lowest BCUT2D eigenvalue weighted by Gasteiger charge is -2.11. The molecule has 0 aliphatic carbocycles. The molecule has 0 radical (unpaired) electrons. The van der Waals surface area contributed by atoms with Crippen LogP contribution in [0.5, 0.6) is 5.75 Å². The molecule has 2 rings (SSSR count). The van der Waals surface area contributed by atoms with Crippen molar-refractivity contribution < 1.29 is 13.9 Å². The van der Waals surface area contributed by atoms with E-state index in [4.69, 9.17) is 4.74 Å². The van der Waals surface area contributed by atoms with E-state index in [1.54, 1.807) is 30.3 Å². The van der Waals surface area contributed by atoms with Crippen LogP contribution in [0.2, 0.25) is 0 Å². The lowest BCUT2D eigenvalue weighted by atomic mass is 10.2.